The lowest BCUT2D eigenvalue weighted by atomic mass is 9.95. The number of rotatable bonds is 7. The molecule has 0 aliphatic carbocycles. The molecule has 0 fully saturated rings. The number of halogens is 1. The van der Waals surface area contributed by atoms with Crippen molar-refractivity contribution in [2.75, 3.05) is 6.61 Å². The molecule has 0 saturated heterocycles. The molecule has 2 rings (SSSR count). The van der Waals surface area contributed by atoms with E-state index in [0.717, 1.165) is 31.2 Å². The van der Waals surface area contributed by atoms with Crippen LogP contribution in [0.5, 0.6) is 0 Å². The molecule has 5 nitrogen and oxygen atoms in total. The number of nitrogens with one attached hydrogen (secondary N) is 2. The number of hydrogen-bond acceptors (Lipinski definition) is 3. The maximum absolute atomic E-state index is 12.5. The van der Waals surface area contributed by atoms with Gasteiger partial charge in [-0.15, -0.1) is 0 Å². The number of esters is 1. The third-order valence-electron chi connectivity index (χ3n) is 3.90. The van der Waals surface area contributed by atoms with E-state index in [-0.39, 0.29) is 6.03 Å². The number of urea groups is 1. The number of ether oxygens (including phenoxy) is 1. The Balaban J connectivity index is 2.15. The van der Waals surface area contributed by atoms with Gasteiger partial charge in [-0.2, -0.15) is 0 Å². The van der Waals surface area contributed by atoms with Crippen molar-refractivity contribution >= 4 is 23.6 Å². The van der Waals surface area contributed by atoms with E-state index in [9.17, 15) is 9.59 Å². The van der Waals surface area contributed by atoms with Crippen LogP contribution in [0, 0.1) is 0 Å². The molecule has 0 spiro atoms. The predicted molar refractivity (Wildman–Crippen MR) is 93.7 cm³/mol. The molecular formula is C18H23ClN2O3. The molecule has 2 amide bonds. The van der Waals surface area contributed by atoms with E-state index < -0.39 is 12.0 Å². The normalized spacial score (nSPS) is 17.3. The van der Waals surface area contributed by atoms with Gasteiger partial charge in [0.05, 0.1) is 18.2 Å². The SMILES string of the molecule is CCCCCCOC(=O)C1=C(C)NC(=O)NC1c1cccc(Cl)c1. The Labute approximate surface area is 147 Å². The highest BCUT2D eigenvalue weighted by Gasteiger charge is 2.32. The molecule has 1 aromatic rings. The maximum atomic E-state index is 12.5. The van der Waals surface area contributed by atoms with E-state index in [1.165, 1.54) is 0 Å². The lowest BCUT2D eigenvalue weighted by Crippen LogP contribution is -2.45. The highest BCUT2D eigenvalue weighted by atomic mass is 35.5. The monoisotopic (exact) mass is 350 g/mol. The van der Waals surface area contributed by atoms with Crippen molar-refractivity contribution in [1.82, 2.24) is 10.6 Å². The van der Waals surface area contributed by atoms with Crippen molar-refractivity contribution in [3.05, 3.63) is 46.1 Å². The van der Waals surface area contributed by atoms with E-state index in [4.69, 9.17) is 16.3 Å². The second kappa shape index (κ2) is 8.73. The van der Waals surface area contributed by atoms with Gasteiger partial charge in [-0.1, -0.05) is 49.9 Å². The molecule has 1 aromatic carbocycles. The van der Waals surface area contributed by atoms with E-state index in [2.05, 4.69) is 17.6 Å². The molecule has 24 heavy (non-hydrogen) atoms. The lowest BCUT2D eigenvalue weighted by molar-refractivity contribution is -0.139. The summed E-state index contributed by atoms with van der Waals surface area (Å²) in [6.07, 6.45) is 4.13. The lowest BCUT2D eigenvalue weighted by Gasteiger charge is -2.28. The molecular weight excluding hydrogens is 328 g/mol. The number of amides is 2. The first kappa shape index (κ1) is 18.3. The first-order chi connectivity index (χ1) is 11.5. The minimum atomic E-state index is -0.569. The van der Waals surface area contributed by atoms with Crippen LogP contribution in [-0.2, 0) is 9.53 Å². The first-order valence-corrected chi connectivity index (χ1v) is 8.61. The van der Waals surface area contributed by atoms with Gasteiger partial charge >= 0.3 is 12.0 Å². The topological polar surface area (TPSA) is 67.4 Å². The first-order valence-electron chi connectivity index (χ1n) is 8.23. The van der Waals surface area contributed by atoms with Crippen molar-refractivity contribution < 1.29 is 14.3 Å². The summed E-state index contributed by atoms with van der Waals surface area (Å²) in [6.45, 7) is 4.21. The summed E-state index contributed by atoms with van der Waals surface area (Å²) in [4.78, 5) is 24.3. The zero-order valence-electron chi connectivity index (χ0n) is 14.0. The average molecular weight is 351 g/mol. The zero-order chi connectivity index (χ0) is 17.5. The average Bonchev–Trinajstić information content (AvgIpc) is 2.53. The van der Waals surface area contributed by atoms with Gasteiger partial charge in [-0.3, -0.25) is 0 Å². The van der Waals surface area contributed by atoms with Crippen molar-refractivity contribution in [3.63, 3.8) is 0 Å². The number of unbranched alkanes of at least 4 members (excludes halogenated alkanes) is 3. The number of allylic oxidation sites excluding steroid dienone is 1. The molecule has 1 unspecified atom stereocenters. The third kappa shape index (κ3) is 4.74. The summed E-state index contributed by atoms with van der Waals surface area (Å²) in [6, 6.07) is 6.17. The van der Waals surface area contributed by atoms with Crippen LogP contribution >= 0.6 is 11.6 Å². The van der Waals surface area contributed by atoms with Crippen molar-refractivity contribution in [1.29, 1.82) is 0 Å². The Hall–Kier alpha value is -2.01. The van der Waals surface area contributed by atoms with Crippen LogP contribution in [0.2, 0.25) is 5.02 Å². The Bertz CT molecular complexity index is 643. The van der Waals surface area contributed by atoms with Gasteiger partial charge in [-0.25, -0.2) is 9.59 Å². The standard InChI is InChI=1S/C18H23ClN2O3/c1-3-4-5-6-10-24-17(22)15-12(2)20-18(23)21-16(15)13-8-7-9-14(19)11-13/h7-9,11,16H,3-6,10H2,1-2H3,(H2,20,21,23). The number of benzene rings is 1. The summed E-state index contributed by atoms with van der Waals surface area (Å²) in [5.41, 5.74) is 1.66. The van der Waals surface area contributed by atoms with Crippen LogP contribution in [0.25, 0.3) is 0 Å². The van der Waals surface area contributed by atoms with Gasteiger partial charge in [0.15, 0.2) is 0 Å². The van der Waals surface area contributed by atoms with Crippen molar-refractivity contribution in [2.45, 2.75) is 45.6 Å². The van der Waals surface area contributed by atoms with Crippen LogP contribution in [0.15, 0.2) is 35.5 Å². The van der Waals surface area contributed by atoms with Crippen molar-refractivity contribution in [3.8, 4) is 0 Å². The Morgan fingerprint density at radius 1 is 1.29 bits per heavy atom. The summed E-state index contributed by atoms with van der Waals surface area (Å²) in [5.74, 6) is -0.415. The summed E-state index contributed by atoms with van der Waals surface area (Å²) >= 11 is 6.04. The fraction of sp³-hybridized carbons (Fsp3) is 0.444. The largest absolute Gasteiger partial charge is 0.462 e. The molecule has 0 saturated carbocycles. The molecule has 1 aliphatic rings. The fourth-order valence-corrected chi connectivity index (χ4v) is 2.87. The Morgan fingerprint density at radius 3 is 2.79 bits per heavy atom. The van der Waals surface area contributed by atoms with Crippen LogP contribution < -0.4 is 10.6 Å². The van der Waals surface area contributed by atoms with Crippen LogP contribution in [0.1, 0.15) is 51.1 Å². The smallest absolute Gasteiger partial charge is 0.338 e. The molecule has 1 atom stereocenters. The zero-order valence-corrected chi connectivity index (χ0v) is 14.8. The summed E-state index contributed by atoms with van der Waals surface area (Å²) < 4.78 is 5.39. The van der Waals surface area contributed by atoms with Gasteiger partial charge in [0.25, 0.3) is 0 Å². The van der Waals surface area contributed by atoms with E-state index in [1.807, 2.05) is 6.07 Å². The third-order valence-corrected chi connectivity index (χ3v) is 4.14. The minimum Gasteiger partial charge on any atom is -0.462 e. The van der Waals surface area contributed by atoms with Crippen LogP contribution in [0.3, 0.4) is 0 Å². The molecule has 2 N–H and O–H groups in total. The number of hydrogen-bond donors (Lipinski definition) is 2. The van der Waals surface area contributed by atoms with Crippen LogP contribution in [0.4, 0.5) is 4.79 Å². The quantitative estimate of drug-likeness (QED) is 0.575. The van der Waals surface area contributed by atoms with E-state index in [1.54, 1.807) is 25.1 Å². The second-order valence-electron chi connectivity index (χ2n) is 5.82. The van der Waals surface area contributed by atoms with Gasteiger partial charge < -0.3 is 15.4 Å². The van der Waals surface area contributed by atoms with E-state index >= 15 is 0 Å². The van der Waals surface area contributed by atoms with Gasteiger partial charge in [-0.05, 0) is 31.0 Å². The van der Waals surface area contributed by atoms with Gasteiger partial charge in [0.1, 0.15) is 0 Å². The molecule has 0 radical (unpaired) electrons. The molecule has 6 heteroatoms. The molecule has 0 bridgehead atoms. The number of carbonyl (C=O) groups is 2. The Kier molecular flexibility index (Phi) is 6.67. The summed E-state index contributed by atoms with van der Waals surface area (Å²) in [5, 5.41) is 5.94. The summed E-state index contributed by atoms with van der Waals surface area (Å²) in [7, 11) is 0. The Morgan fingerprint density at radius 2 is 2.08 bits per heavy atom. The molecule has 130 valence electrons. The fourth-order valence-electron chi connectivity index (χ4n) is 2.67. The molecule has 1 heterocycles. The highest BCUT2D eigenvalue weighted by Crippen LogP contribution is 2.29. The second-order valence-corrected chi connectivity index (χ2v) is 6.26. The van der Waals surface area contributed by atoms with Gasteiger partial charge in [0, 0.05) is 10.7 Å². The van der Waals surface area contributed by atoms with Crippen LogP contribution in [-0.4, -0.2) is 18.6 Å². The predicted octanol–water partition coefficient (Wildman–Crippen LogP) is 4.09. The minimum absolute atomic E-state index is 0.350. The highest BCUT2D eigenvalue weighted by molar-refractivity contribution is 6.30. The molecule has 1 aliphatic heterocycles. The molecule has 0 aromatic heterocycles. The van der Waals surface area contributed by atoms with Gasteiger partial charge in [0.2, 0.25) is 0 Å². The van der Waals surface area contributed by atoms with Crippen molar-refractivity contribution in [2.24, 2.45) is 0 Å². The van der Waals surface area contributed by atoms with E-state index in [0.29, 0.717) is 22.9 Å². The maximum Gasteiger partial charge on any atom is 0.338 e. The number of carbonyl (C=O) groups excluding carboxylic acids is 2.